The van der Waals surface area contributed by atoms with E-state index in [2.05, 4.69) is 34.6 Å². The first-order chi connectivity index (χ1) is 5.77. The van der Waals surface area contributed by atoms with Crippen molar-refractivity contribution in [1.82, 2.24) is 0 Å². The summed E-state index contributed by atoms with van der Waals surface area (Å²) in [6.07, 6.45) is 5.05. The van der Waals surface area contributed by atoms with Crippen LogP contribution in [0.3, 0.4) is 0 Å². The molecule has 0 aliphatic rings. The Morgan fingerprint density at radius 3 is 1.85 bits per heavy atom. The second-order valence-electron chi connectivity index (χ2n) is 6.15. The Balaban J connectivity index is 3.80. The summed E-state index contributed by atoms with van der Waals surface area (Å²) < 4.78 is 0. The van der Waals surface area contributed by atoms with Gasteiger partial charge in [0.05, 0.1) is 0 Å². The molecule has 0 saturated heterocycles. The zero-order valence-corrected chi connectivity index (χ0v) is 10.1. The fourth-order valence-electron chi connectivity index (χ4n) is 2.27. The molecule has 0 atom stereocenters. The summed E-state index contributed by atoms with van der Waals surface area (Å²) in [4.78, 5) is 0. The van der Waals surface area contributed by atoms with Crippen molar-refractivity contribution in [2.24, 2.45) is 16.6 Å². The highest BCUT2D eigenvalue weighted by atomic mass is 14.5. The van der Waals surface area contributed by atoms with E-state index in [4.69, 9.17) is 5.73 Å². The molecule has 0 aromatic rings. The van der Waals surface area contributed by atoms with Gasteiger partial charge in [-0.15, -0.1) is 0 Å². The first-order valence-corrected chi connectivity index (χ1v) is 5.47. The molecular formula is C12H27N. The van der Waals surface area contributed by atoms with Gasteiger partial charge in [-0.3, -0.25) is 0 Å². The maximum absolute atomic E-state index is 5.49. The lowest BCUT2D eigenvalue weighted by Crippen LogP contribution is -2.20. The minimum Gasteiger partial charge on any atom is -0.330 e. The van der Waals surface area contributed by atoms with Crippen molar-refractivity contribution in [3.05, 3.63) is 0 Å². The van der Waals surface area contributed by atoms with E-state index >= 15 is 0 Å². The monoisotopic (exact) mass is 185 g/mol. The van der Waals surface area contributed by atoms with Gasteiger partial charge in [-0.1, -0.05) is 41.0 Å². The van der Waals surface area contributed by atoms with Crippen LogP contribution in [-0.4, -0.2) is 6.54 Å². The predicted molar refractivity (Wildman–Crippen MR) is 60.8 cm³/mol. The van der Waals surface area contributed by atoms with Crippen LogP contribution in [0.1, 0.15) is 60.3 Å². The molecule has 0 aliphatic heterocycles. The molecule has 0 fully saturated rings. The Morgan fingerprint density at radius 2 is 1.46 bits per heavy atom. The smallest absolute Gasteiger partial charge is 0.00773 e. The summed E-state index contributed by atoms with van der Waals surface area (Å²) in [7, 11) is 0. The highest BCUT2D eigenvalue weighted by Crippen LogP contribution is 2.36. The van der Waals surface area contributed by atoms with E-state index in [0.29, 0.717) is 10.8 Å². The lowest BCUT2D eigenvalue weighted by atomic mass is 9.74. The second kappa shape index (κ2) is 4.99. The Bertz CT molecular complexity index is 131. The normalized spacial score (nSPS) is 13.4. The van der Waals surface area contributed by atoms with Crippen molar-refractivity contribution in [3.63, 3.8) is 0 Å². The van der Waals surface area contributed by atoms with Crippen LogP contribution < -0.4 is 5.73 Å². The molecule has 0 aromatic carbocycles. The SMILES string of the molecule is CC(C)(C)CC(C)(C)CCCCN. The van der Waals surface area contributed by atoms with Crippen LogP contribution in [0, 0.1) is 10.8 Å². The average molecular weight is 185 g/mol. The van der Waals surface area contributed by atoms with Gasteiger partial charge >= 0.3 is 0 Å². The van der Waals surface area contributed by atoms with Crippen molar-refractivity contribution >= 4 is 0 Å². The van der Waals surface area contributed by atoms with Gasteiger partial charge in [0.1, 0.15) is 0 Å². The summed E-state index contributed by atoms with van der Waals surface area (Å²) in [5, 5.41) is 0. The fraction of sp³-hybridized carbons (Fsp3) is 1.00. The van der Waals surface area contributed by atoms with Gasteiger partial charge in [0, 0.05) is 0 Å². The summed E-state index contributed by atoms with van der Waals surface area (Å²) >= 11 is 0. The Hall–Kier alpha value is -0.0400. The quantitative estimate of drug-likeness (QED) is 0.651. The molecule has 13 heavy (non-hydrogen) atoms. The van der Waals surface area contributed by atoms with Gasteiger partial charge in [-0.2, -0.15) is 0 Å². The molecule has 0 heterocycles. The van der Waals surface area contributed by atoms with E-state index in [0.717, 1.165) is 6.54 Å². The summed E-state index contributed by atoms with van der Waals surface area (Å²) in [5.41, 5.74) is 6.42. The Morgan fingerprint density at radius 1 is 0.923 bits per heavy atom. The van der Waals surface area contributed by atoms with Crippen molar-refractivity contribution in [3.8, 4) is 0 Å². The summed E-state index contributed by atoms with van der Waals surface area (Å²) in [6.45, 7) is 12.5. The maximum Gasteiger partial charge on any atom is -0.00773 e. The molecule has 2 N–H and O–H groups in total. The molecular weight excluding hydrogens is 158 g/mol. The first-order valence-electron chi connectivity index (χ1n) is 5.47. The van der Waals surface area contributed by atoms with E-state index in [-0.39, 0.29) is 0 Å². The molecule has 0 saturated carbocycles. The third kappa shape index (κ3) is 8.29. The molecule has 0 rings (SSSR count). The molecule has 0 bridgehead atoms. The summed E-state index contributed by atoms with van der Waals surface area (Å²) in [6, 6.07) is 0. The van der Waals surface area contributed by atoms with Gasteiger partial charge < -0.3 is 5.73 Å². The van der Waals surface area contributed by atoms with Crippen molar-refractivity contribution in [2.45, 2.75) is 60.3 Å². The number of hydrogen-bond acceptors (Lipinski definition) is 1. The molecule has 0 amide bonds. The second-order valence-corrected chi connectivity index (χ2v) is 6.15. The highest BCUT2D eigenvalue weighted by Gasteiger charge is 2.24. The van der Waals surface area contributed by atoms with E-state index in [9.17, 15) is 0 Å². The molecule has 0 aliphatic carbocycles. The minimum absolute atomic E-state index is 0.451. The van der Waals surface area contributed by atoms with Crippen LogP contribution in [0.15, 0.2) is 0 Å². The third-order valence-electron chi connectivity index (χ3n) is 2.32. The Labute approximate surface area is 84.1 Å². The van der Waals surface area contributed by atoms with Crippen molar-refractivity contribution < 1.29 is 0 Å². The van der Waals surface area contributed by atoms with Crippen LogP contribution in [0.5, 0.6) is 0 Å². The number of rotatable bonds is 5. The van der Waals surface area contributed by atoms with Gasteiger partial charge in [0.25, 0.3) is 0 Å². The topological polar surface area (TPSA) is 26.0 Å². The van der Waals surface area contributed by atoms with Crippen LogP contribution >= 0.6 is 0 Å². The van der Waals surface area contributed by atoms with E-state index in [1.54, 1.807) is 0 Å². The molecule has 0 unspecified atom stereocenters. The van der Waals surface area contributed by atoms with Crippen LogP contribution in [0.2, 0.25) is 0 Å². The molecule has 1 nitrogen and oxygen atoms in total. The molecule has 1 heteroatoms. The maximum atomic E-state index is 5.49. The number of nitrogens with two attached hydrogens (primary N) is 1. The van der Waals surface area contributed by atoms with Gasteiger partial charge in [0.2, 0.25) is 0 Å². The van der Waals surface area contributed by atoms with Crippen LogP contribution in [0.4, 0.5) is 0 Å². The van der Waals surface area contributed by atoms with Gasteiger partial charge in [-0.25, -0.2) is 0 Å². The van der Waals surface area contributed by atoms with Crippen LogP contribution in [0.25, 0.3) is 0 Å². The summed E-state index contributed by atoms with van der Waals surface area (Å²) in [5.74, 6) is 0. The number of unbranched alkanes of at least 4 members (excludes halogenated alkanes) is 1. The number of hydrogen-bond donors (Lipinski definition) is 1. The molecule has 0 aromatic heterocycles. The lowest BCUT2D eigenvalue weighted by Gasteiger charge is -2.32. The van der Waals surface area contributed by atoms with Crippen LogP contribution in [-0.2, 0) is 0 Å². The average Bonchev–Trinajstić information content (AvgIpc) is 1.81. The van der Waals surface area contributed by atoms with E-state index < -0.39 is 0 Å². The predicted octanol–water partition coefficient (Wildman–Crippen LogP) is 3.58. The Kier molecular flexibility index (Phi) is 4.98. The first kappa shape index (κ1) is 13.0. The fourth-order valence-corrected chi connectivity index (χ4v) is 2.27. The van der Waals surface area contributed by atoms with E-state index in [1.807, 2.05) is 0 Å². The van der Waals surface area contributed by atoms with Crippen molar-refractivity contribution in [1.29, 1.82) is 0 Å². The zero-order chi connectivity index (χ0) is 10.5. The van der Waals surface area contributed by atoms with Crippen molar-refractivity contribution in [2.75, 3.05) is 6.54 Å². The highest BCUT2D eigenvalue weighted by molar-refractivity contribution is 4.76. The molecule has 0 radical (unpaired) electrons. The van der Waals surface area contributed by atoms with Gasteiger partial charge in [0.15, 0.2) is 0 Å². The lowest BCUT2D eigenvalue weighted by molar-refractivity contribution is 0.194. The minimum atomic E-state index is 0.451. The molecule has 0 spiro atoms. The standard InChI is InChI=1S/C12H27N/c1-11(2,3)10-12(4,5)8-6-7-9-13/h6-10,13H2,1-5H3. The zero-order valence-electron chi connectivity index (χ0n) is 10.1. The molecule has 80 valence electrons. The van der Waals surface area contributed by atoms with Gasteiger partial charge in [-0.05, 0) is 36.6 Å². The third-order valence-corrected chi connectivity index (χ3v) is 2.32. The largest absolute Gasteiger partial charge is 0.330 e. The van der Waals surface area contributed by atoms with E-state index in [1.165, 1.54) is 25.7 Å².